The molecule has 0 aliphatic rings. The molecule has 3 heteroatoms. The summed E-state index contributed by atoms with van der Waals surface area (Å²) in [6, 6.07) is 0. The van der Waals surface area contributed by atoms with Crippen molar-refractivity contribution in [3.8, 4) is 0 Å². The van der Waals surface area contributed by atoms with Crippen molar-refractivity contribution in [3.63, 3.8) is 0 Å². The molecule has 0 aromatic rings. The van der Waals surface area contributed by atoms with E-state index >= 15 is 0 Å². The van der Waals surface area contributed by atoms with Crippen LogP contribution in [0.15, 0.2) is 12.2 Å². The van der Waals surface area contributed by atoms with Crippen LogP contribution in [0.4, 0.5) is 0 Å². The minimum atomic E-state index is -0.143. The molecule has 3 nitrogen and oxygen atoms in total. The molecule has 1 amide bonds. The van der Waals surface area contributed by atoms with Crippen molar-refractivity contribution in [1.29, 1.82) is 0 Å². The molecule has 0 aliphatic heterocycles. The first-order valence-corrected chi connectivity index (χ1v) is 3.53. The average Bonchev–Trinajstić information content (AvgIpc) is 1.98. The van der Waals surface area contributed by atoms with Gasteiger partial charge in [0, 0.05) is 25.5 Å². The SMILES string of the molecule is C=C(CNC(C)=O)C(=O)CC. The topological polar surface area (TPSA) is 46.2 Å². The minimum absolute atomic E-state index is 0.00116. The highest BCUT2D eigenvalue weighted by molar-refractivity contribution is 5.95. The lowest BCUT2D eigenvalue weighted by Gasteiger charge is -2.02. The van der Waals surface area contributed by atoms with Crippen LogP contribution in [0, 0.1) is 0 Å². The quantitative estimate of drug-likeness (QED) is 0.606. The van der Waals surface area contributed by atoms with Crippen molar-refractivity contribution in [2.45, 2.75) is 20.3 Å². The summed E-state index contributed by atoms with van der Waals surface area (Å²) in [5, 5.41) is 2.50. The van der Waals surface area contributed by atoms with E-state index in [0.29, 0.717) is 12.0 Å². The number of carbonyl (C=O) groups is 2. The Morgan fingerprint density at radius 3 is 2.36 bits per heavy atom. The largest absolute Gasteiger partial charge is 0.352 e. The second-order valence-corrected chi connectivity index (χ2v) is 2.29. The van der Waals surface area contributed by atoms with Crippen molar-refractivity contribution in [3.05, 3.63) is 12.2 Å². The fraction of sp³-hybridized carbons (Fsp3) is 0.500. The van der Waals surface area contributed by atoms with Gasteiger partial charge < -0.3 is 5.32 Å². The first-order chi connectivity index (χ1) is 5.07. The smallest absolute Gasteiger partial charge is 0.217 e. The first-order valence-electron chi connectivity index (χ1n) is 3.53. The number of nitrogens with one attached hydrogen (secondary N) is 1. The van der Waals surface area contributed by atoms with Crippen LogP contribution in [-0.2, 0) is 9.59 Å². The molecular formula is C8H13NO2. The van der Waals surface area contributed by atoms with Gasteiger partial charge in [0.1, 0.15) is 0 Å². The van der Waals surface area contributed by atoms with Crippen molar-refractivity contribution >= 4 is 11.7 Å². The van der Waals surface area contributed by atoms with E-state index in [1.807, 2.05) is 0 Å². The Bertz CT molecular complexity index is 185. The molecule has 0 aromatic carbocycles. The molecule has 0 rings (SSSR count). The molecule has 1 N–H and O–H groups in total. The van der Waals surface area contributed by atoms with E-state index in [-0.39, 0.29) is 18.2 Å². The van der Waals surface area contributed by atoms with Gasteiger partial charge in [0.05, 0.1) is 0 Å². The number of Topliss-reactive ketones (excluding diaryl/α,β-unsaturated/α-hetero) is 1. The van der Waals surface area contributed by atoms with Crippen molar-refractivity contribution in [1.82, 2.24) is 5.32 Å². The summed E-state index contributed by atoms with van der Waals surface area (Å²) in [6.07, 6.45) is 0.443. The zero-order chi connectivity index (χ0) is 8.85. The highest BCUT2D eigenvalue weighted by atomic mass is 16.1. The number of hydrogen-bond acceptors (Lipinski definition) is 2. The van der Waals surface area contributed by atoms with E-state index in [9.17, 15) is 9.59 Å². The summed E-state index contributed by atoms with van der Waals surface area (Å²) < 4.78 is 0. The van der Waals surface area contributed by atoms with E-state index in [4.69, 9.17) is 0 Å². The monoisotopic (exact) mass is 155 g/mol. The number of ketones is 1. The van der Waals surface area contributed by atoms with Crippen LogP contribution in [0.3, 0.4) is 0 Å². The maximum Gasteiger partial charge on any atom is 0.217 e. The van der Waals surface area contributed by atoms with Crippen LogP contribution in [0.2, 0.25) is 0 Å². The molecule has 0 saturated heterocycles. The molecular weight excluding hydrogens is 142 g/mol. The van der Waals surface area contributed by atoms with Crippen LogP contribution in [-0.4, -0.2) is 18.2 Å². The fourth-order valence-electron chi connectivity index (χ4n) is 0.580. The van der Waals surface area contributed by atoms with Gasteiger partial charge in [-0.1, -0.05) is 13.5 Å². The lowest BCUT2D eigenvalue weighted by atomic mass is 10.1. The van der Waals surface area contributed by atoms with Crippen LogP contribution in [0.5, 0.6) is 0 Å². The van der Waals surface area contributed by atoms with Crippen LogP contribution < -0.4 is 5.32 Å². The summed E-state index contributed by atoms with van der Waals surface area (Å²) in [4.78, 5) is 21.3. The predicted octanol–water partition coefficient (Wildman–Crippen LogP) is 0.658. The van der Waals surface area contributed by atoms with E-state index in [0.717, 1.165) is 0 Å². The van der Waals surface area contributed by atoms with E-state index in [1.54, 1.807) is 6.92 Å². The molecule has 0 aromatic heterocycles. The molecule has 11 heavy (non-hydrogen) atoms. The Morgan fingerprint density at radius 1 is 1.45 bits per heavy atom. The zero-order valence-corrected chi connectivity index (χ0v) is 6.94. The lowest BCUT2D eigenvalue weighted by Crippen LogP contribution is -2.24. The van der Waals surface area contributed by atoms with Gasteiger partial charge in [-0.2, -0.15) is 0 Å². The number of carbonyl (C=O) groups excluding carboxylic acids is 2. The third kappa shape index (κ3) is 4.31. The van der Waals surface area contributed by atoms with Gasteiger partial charge in [-0.25, -0.2) is 0 Å². The van der Waals surface area contributed by atoms with Crippen molar-refractivity contribution in [2.24, 2.45) is 0 Å². The normalized spacial score (nSPS) is 8.91. The Balaban J connectivity index is 3.70. The standard InChI is InChI=1S/C8H13NO2/c1-4-8(11)6(2)5-9-7(3)10/h2,4-5H2,1,3H3,(H,9,10). The number of rotatable bonds is 4. The first kappa shape index (κ1) is 9.88. The number of hydrogen-bond donors (Lipinski definition) is 1. The summed E-state index contributed by atoms with van der Waals surface area (Å²) >= 11 is 0. The highest BCUT2D eigenvalue weighted by Crippen LogP contribution is 1.93. The molecule has 0 atom stereocenters. The maximum atomic E-state index is 10.9. The van der Waals surface area contributed by atoms with Gasteiger partial charge in [-0.05, 0) is 0 Å². The second-order valence-electron chi connectivity index (χ2n) is 2.29. The lowest BCUT2D eigenvalue weighted by molar-refractivity contribution is -0.118. The van der Waals surface area contributed by atoms with Crippen molar-refractivity contribution < 1.29 is 9.59 Å². The summed E-state index contributed by atoms with van der Waals surface area (Å²) in [5.41, 5.74) is 0.461. The fourth-order valence-corrected chi connectivity index (χ4v) is 0.580. The minimum Gasteiger partial charge on any atom is -0.352 e. The van der Waals surface area contributed by atoms with Gasteiger partial charge in [-0.3, -0.25) is 9.59 Å². The molecule has 0 fully saturated rings. The average molecular weight is 155 g/mol. The highest BCUT2D eigenvalue weighted by Gasteiger charge is 2.03. The zero-order valence-electron chi connectivity index (χ0n) is 6.94. The Labute approximate surface area is 66.5 Å². The van der Waals surface area contributed by atoms with Gasteiger partial charge >= 0.3 is 0 Å². The Hall–Kier alpha value is -1.12. The number of amides is 1. The van der Waals surface area contributed by atoms with Crippen molar-refractivity contribution in [2.75, 3.05) is 6.54 Å². The molecule has 0 spiro atoms. The van der Waals surface area contributed by atoms with Gasteiger partial charge in [-0.15, -0.1) is 0 Å². The predicted molar refractivity (Wildman–Crippen MR) is 43.1 cm³/mol. The van der Waals surface area contributed by atoms with Gasteiger partial charge in [0.25, 0.3) is 0 Å². The molecule has 0 unspecified atom stereocenters. The summed E-state index contributed by atoms with van der Waals surface area (Å²) in [7, 11) is 0. The van der Waals surface area contributed by atoms with Crippen LogP contribution in [0.1, 0.15) is 20.3 Å². The molecule has 0 radical (unpaired) electrons. The molecule has 0 bridgehead atoms. The summed E-state index contributed by atoms with van der Waals surface area (Å²) in [6.45, 7) is 6.97. The maximum absolute atomic E-state index is 10.9. The third-order valence-corrected chi connectivity index (χ3v) is 1.27. The Morgan fingerprint density at radius 2 is 2.00 bits per heavy atom. The van der Waals surface area contributed by atoms with Crippen LogP contribution >= 0.6 is 0 Å². The Kier molecular flexibility index (Phi) is 4.18. The van der Waals surface area contributed by atoms with E-state index < -0.39 is 0 Å². The molecule has 0 heterocycles. The van der Waals surface area contributed by atoms with Gasteiger partial charge in [0.15, 0.2) is 5.78 Å². The molecule has 0 saturated carbocycles. The second kappa shape index (κ2) is 4.66. The van der Waals surface area contributed by atoms with E-state index in [1.165, 1.54) is 6.92 Å². The van der Waals surface area contributed by atoms with E-state index in [2.05, 4.69) is 11.9 Å². The molecule has 62 valence electrons. The van der Waals surface area contributed by atoms with Gasteiger partial charge in [0.2, 0.25) is 5.91 Å². The third-order valence-electron chi connectivity index (χ3n) is 1.27. The summed E-state index contributed by atoms with van der Waals surface area (Å²) in [5.74, 6) is -0.145. The van der Waals surface area contributed by atoms with Crippen LogP contribution in [0.25, 0.3) is 0 Å². The molecule has 0 aliphatic carbocycles.